The number of hydrogen-bond donors (Lipinski definition) is 2. The van der Waals surface area contributed by atoms with Crippen molar-refractivity contribution in [3.8, 4) is 0 Å². The maximum atomic E-state index is 16.1. The van der Waals surface area contributed by atoms with Gasteiger partial charge in [0.25, 0.3) is 5.91 Å². The minimum absolute atomic E-state index is 0.0250. The number of aryl methyl sites for hydroxylation is 2. The molecule has 4 aliphatic rings. The summed E-state index contributed by atoms with van der Waals surface area (Å²) in [6.45, 7) is 6.86. The zero-order chi connectivity index (χ0) is 43.1. The van der Waals surface area contributed by atoms with Gasteiger partial charge in [-0.2, -0.15) is 0 Å². The van der Waals surface area contributed by atoms with Crippen LogP contribution in [-0.2, 0) is 34.5 Å². The van der Waals surface area contributed by atoms with E-state index in [1.807, 2.05) is 42.3 Å². The second-order valence-electron chi connectivity index (χ2n) is 17.9. The van der Waals surface area contributed by atoms with Gasteiger partial charge in [-0.25, -0.2) is 9.18 Å². The number of imidazole rings is 1. The number of piperazine rings is 1. The molecule has 1 aliphatic carbocycles. The molecule has 0 spiro atoms. The smallest absolute Gasteiger partial charge is 0.329 e. The Kier molecular flexibility index (Phi) is 11.8. The van der Waals surface area contributed by atoms with Crippen molar-refractivity contribution in [3.63, 3.8) is 0 Å². The number of piperidine rings is 2. The number of H-pyrrole nitrogens is 1. The lowest BCUT2D eigenvalue weighted by Gasteiger charge is -2.42. The van der Waals surface area contributed by atoms with Gasteiger partial charge in [0.15, 0.2) is 5.82 Å². The highest BCUT2D eigenvalue weighted by molar-refractivity contribution is 6.00. The fourth-order valence-electron chi connectivity index (χ4n) is 10.4. The highest BCUT2D eigenvalue weighted by Gasteiger charge is 2.33. The maximum Gasteiger partial charge on any atom is 0.329 e. The molecule has 2 atom stereocenters. The van der Waals surface area contributed by atoms with Crippen molar-refractivity contribution in [2.24, 2.45) is 13.0 Å². The van der Waals surface area contributed by atoms with Gasteiger partial charge in [0.1, 0.15) is 11.7 Å². The Bertz CT molecular complexity index is 2530. The number of carbonyl (C=O) groups is 4. The summed E-state index contributed by atoms with van der Waals surface area (Å²) in [5, 5.41) is 10.8. The third-order valence-corrected chi connectivity index (χ3v) is 13.9. The van der Waals surface area contributed by atoms with E-state index in [2.05, 4.69) is 30.4 Å². The fraction of sp³-hybridized carbons (Fsp3) is 0.533. The van der Waals surface area contributed by atoms with Crippen LogP contribution >= 0.6 is 0 Å². The molecule has 0 bridgehead atoms. The summed E-state index contributed by atoms with van der Waals surface area (Å²) in [6, 6.07) is 11.3. The van der Waals surface area contributed by atoms with Gasteiger partial charge in [-0.1, -0.05) is 23.4 Å². The van der Waals surface area contributed by atoms with Gasteiger partial charge in [0.2, 0.25) is 17.7 Å². The average Bonchev–Trinajstić information content (AvgIpc) is 4.03. The first-order valence-electron chi connectivity index (χ1n) is 22.2. The minimum atomic E-state index is -0.697. The molecule has 3 saturated heterocycles. The minimum Gasteiger partial charge on any atom is -0.348 e. The van der Waals surface area contributed by atoms with Gasteiger partial charge < -0.3 is 14.8 Å². The van der Waals surface area contributed by atoms with Gasteiger partial charge in [-0.3, -0.25) is 48.1 Å². The summed E-state index contributed by atoms with van der Waals surface area (Å²) < 4.78 is 20.9. The van der Waals surface area contributed by atoms with Crippen LogP contribution in [0.4, 0.5) is 4.39 Å². The SMILES string of the molecule is CN(CC1CCC(N2CCN(Cc3ccc4c(c3)n(C)c(=O)n4C3CCC(=O)NC3=O)CC2)CC1)C(=O)c1cc2ccc([C@H]3CCCN(C(=O)CCn4ccnn4)C3)c(F)c2[nH]1. The van der Waals surface area contributed by atoms with E-state index in [-0.39, 0.29) is 41.6 Å². The van der Waals surface area contributed by atoms with Crippen LogP contribution in [0, 0.1) is 11.7 Å². The van der Waals surface area contributed by atoms with E-state index in [0.717, 1.165) is 82.3 Å². The largest absolute Gasteiger partial charge is 0.348 e. The van der Waals surface area contributed by atoms with E-state index in [1.54, 1.807) is 39.7 Å². The summed E-state index contributed by atoms with van der Waals surface area (Å²) in [7, 11) is 3.56. The number of nitrogens with one attached hydrogen (secondary N) is 2. The number of imide groups is 1. The first-order chi connectivity index (χ1) is 30.0. The second kappa shape index (κ2) is 17.6. The zero-order valence-corrected chi connectivity index (χ0v) is 35.6. The van der Waals surface area contributed by atoms with Crippen molar-refractivity contribution in [2.75, 3.05) is 52.9 Å². The van der Waals surface area contributed by atoms with E-state index < -0.39 is 11.9 Å². The van der Waals surface area contributed by atoms with Crippen molar-refractivity contribution in [3.05, 3.63) is 81.9 Å². The summed E-state index contributed by atoms with van der Waals surface area (Å²) in [6.07, 6.45) is 10.0. The summed E-state index contributed by atoms with van der Waals surface area (Å²) in [5.74, 6) is -0.922. The Labute approximate surface area is 359 Å². The van der Waals surface area contributed by atoms with E-state index in [9.17, 15) is 24.0 Å². The molecular formula is C45H56FN11O5. The Hall–Kier alpha value is -5.68. The molecule has 16 nitrogen and oxygen atoms in total. The van der Waals surface area contributed by atoms with Crippen LogP contribution < -0.4 is 11.0 Å². The van der Waals surface area contributed by atoms with Gasteiger partial charge in [-0.05, 0) is 80.2 Å². The molecule has 328 valence electrons. The number of benzene rings is 2. The molecular weight excluding hydrogens is 794 g/mol. The van der Waals surface area contributed by atoms with E-state index >= 15 is 4.39 Å². The van der Waals surface area contributed by atoms with Crippen LogP contribution in [-0.4, -0.2) is 131 Å². The quantitative estimate of drug-likeness (QED) is 0.188. The zero-order valence-electron chi connectivity index (χ0n) is 35.6. The molecule has 3 aromatic heterocycles. The maximum absolute atomic E-state index is 16.1. The number of halogens is 1. The van der Waals surface area contributed by atoms with Crippen molar-refractivity contribution in [2.45, 2.75) is 88.9 Å². The van der Waals surface area contributed by atoms with E-state index in [1.165, 1.54) is 4.57 Å². The van der Waals surface area contributed by atoms with Crippen LogP contribution in [0.2, 0.25) is 0 Å². The number of rotatable bonds is 11. The van der Waals surface area contributed by atoms with Crippen molar-refractivity contribution >= 4 is 45.6 Å². The van der Waals surface area contributed by atoms with Crippen LogP contribution in [0.3, 0.4) is 0 Å². The Balaban J connectivity index is 0.741. The molecule has 17 heteroatoms. The average molecular weight is 850 g/mol. The monoisotopic (exact) mass is 849 g/mol. The van der Waals surface area contributed by atoms with Crippen LogP contribution in [0.1, 0.15) is 91.4 Å². The third-order valence-electron chi connectivity index (χ3n) is 13.9. The lowest BCUT2D eigenvalue weighted by Crippen LogP contribution is -2.51. The topological polar surface area (TPSA) is 167 Å². The molecule has 1 unspecified atom stereocenters. The first kappa shape index (κ1) is 41.7. The molecule has 4 amide bonds. The molecule has 4 fully saturated rings. The molecule has 2 N–H and O–H groups in total. The molecule has 1 saturated carbocycles. The number of carbonyl (C=O) groups excluding carboxylic acids is 4. The Morgan fingerprint density at radius 3 is 2.50 bits per heavy atom. The summed E-state index contributed by atoms with van der Waals surface area (Å²) in [4.78, 5) is 76.0. The van der Waals surface area contributed by atoms with Crippen molar-refractivity contribution in [1.29, 1.82) is 0 Å². The number of aromatic nitrogens is 6. The first-order valence-corrected chi connectivity index (χ1v) is 22.2. The molecule has 5 aromatic rings. The second-order valence-corrected chi connectivity index (χ2v) is 17.9. The summed E-state index contributed by atoms with van der Waals surface area (Å²) >= 11 is 0. The number of fused-ring (bicyclic) bond motifs is 2. The normalized spacial score (nSPS) is 23.0. The highest BCUT2D eigenvalue weighted by Crippen LogP contribution is 2.34. The number of nitrogens with zero attached hydrogens (tertiary/aromatic N) is 9. The Morgan fingerprint density at radius 1 is 0.935 bits per heavy atom. The lowest BCUT2D eigenvalue weighted by atomic mass is 9.84. The van der Waals surface area contributed by atoms with Gasteiger partial charge in [0.05, 0.1) is 29.3 Å². The van der Waals surface area contributed by atoms with Crippen LogP contribution in [0.25, 0.3) is 21.9 Å². The predicted molar refractivity (Wildman–Crippen MR) is 230 cm³/mol. The van der Waals surface area contributed by atoms with Gasteiger partial charge >= 0.3 is 5.69 Å². The third kappa shape index (κ3) is 8.43. The molecule has 9 rings (SSSR count). The van der Waals surface area contributed by atoms with Gasteiger partial charge in [0, 0.05) is 103 Å². The Morgan fingerprint density at radius 2 is 1.74 bits per heavy atom. The fourth-order valence-corrected chi connectivity index (χ4v) is 10.4. The van der Waals surface area contributed by atoms with Crippen LogP contribution in [0.5, 0.6) is 0 Å². The van der Waals surface area contributed by atoms with Crippen molar-refractivity contribution < 1.29 is 23.6 Å². The van der Waals surface area contributed by atoms with E-state index in [4.69, 9.17) is 0 Å². The number of hydrogen-bond acceptors (Lipinski definition) is 9. The molecule has 0 radical (unpaired) electrons. The number of amides is 4. The van der Waals surface area contributed by atoms with E-state index in [0.29, 0.717) is 78.7 Å². The predicted octanol–water partition coefficient (Wildman–Crippen LogP) is 3.77. The highest BCUT2D eigenvalue weighted by atomic mass is 19.1. The van der Waals surface area contributed by atoms with Crippen molar-refractivity contribution in [1.82, 2.24) is 54.0 Å². The lowest BCUT2D eigenvalue weighted by molar-refractivity contribution is -0.136. The molecule has 3 aliphatic heterocycles. The summed E-state index contributed by atoms with van der Waals surface area (Å²) in [5.41, 5.74) is 3.62. The van der Waals surface area contributed by atoms with Gasteiger partial charge in [-0.15, -0.1) is 5.10 Å². The number of likely N-dealkylation sites (tertiary alicyclic amines) is 1. The molecule has 2 aromatic carbocycles. The molecule has 6 heterocycles. The van der Waals surface area contributed by atoms with Crippen LogP contribution in [0.15, 0.2) is 53.6 Å². The standard InChI is InChI=1S/C45H56FN11O5/c1-51(44(61)35-25-31-8-11-34(41(46)42(31)48-35)32-4-3-17-55(28-32)40(59)15-18-56-19-16-47-50-56)26-29-5-9-33(10-6-29)54-22-20-53(21-23-54)27-30-7-12-36-38(24-30)52(2)45(62)57(36)37-13-14-39(58)49-43(37)60/h7-8,11-12,16,19,24-25,29,32-33,37,48H,3-6,9-10,13-15,17-18,20-23,26-28H2,1-2H3,(H,49,58,60)/t29?,32-,33?,37?/m0/s1. The number of aromatic amines is 1. The molecule has 62 heavy (non-hydrogen) atoms.